The Labute approximate surface area is 169 Å². The van der Waals surface area contributed by atoms with E-state index in [-0.39, 0.29) is 11.8 Å². The van der Waals surface area contributed by atoms with Crippen LogP contribution in [0.15, 0.2) is 18.2 Å². The second-order valence-electron chi connectivity index (χ2n) is 8.90. The number of piperidine rings is 2. The molecule has 1 N–H and O–H groups in total. The third-order valence-electron chi connectivity index (χ3n) is 5.87. The van der Waals surface area contributed by atoms with Crippen molar-refractivity contribution in [2.24, 2.45) is 11.8 Å². The summed E-state index contributed by atoms with van der Waals surface area (Å²) < 4.78 is 0. The first kappa shape index (κ1) is 20.7. The molecule has 5 heteroatoms. The standard InChI is InChI=1S/C23H35N3O2/c1-17(2)15-22(27)24-19-7-8-21(25-13-9-18(3)10-14-25)20(16-19)23(28)26-11-5-4-6-12-26/h7-8,16-18H,4-6,9-15H2,1-3H3,(H,24,27). The van der Waals surface area contributed by atoms with E-state index in [0.29, 0.717) is 12.3 Å². The third-order valence-corrected chi connectivity index (χ3v) is 5.87. The van der Waals surface area contributed by atoms with Crippen LogP contribution < -0.4 is 10.2 Å². The van der Waals surface area contributed by atoms with Crippen LogP contribution in [-0.2, 0) is 4.79 Å². The second kappa shape index (κ2) is 9.44. The highest BCUT2D eigenvalue weighted by atomic mass is 16.2. The molecule has 2 saturated heterocycles. The van der Waals surface area contributed by atoms with Gasteiger partial charge in [0.15, 0.2) is 0 Å². The monoisotopic (exact) mass is 385 g/mol. The molecule has 5 nitrogen and oxygen atoms in total. The van der Waals surface area contributed by atoms with Gasteiger partial charge < -0.3 is 15.1 Å². The fourth-order valence-corrected chi connectivity index (χ4v) is 4.16. The van der Waals surface area contributed by atoms with E-state index in [1.54, 1.807) is 0 Å². The molecule has 0 unspecified atom stereocenters. The predicted octanol–water partition coefficient (Wildman–Crippen LogP) is 4.53. The van der Waals surface area contributed by atoms with Crippen LogP contribution >= 0.6 is 0 Å². The molecule has 2 heterocycles. The largest absolute Gasteiger partial charge is 0.371 e. The lowest BCUT2D eigenvalue weighted by Gasteiger charge is -2.35. The van der Waals surface area contributed by atoms with Gasteiger partial charge in [-0.2, -0.15) is 0 Å². The maximum atomic E-state index is 13.3. The van der Waals surface area contributed by atoms with Crippen molar-refractivity contribution in [3.8, 4) is 0 Å². The van der Waals surface area contributed by atoms with Gasteiger partial charge in [0.25, 0.3) is 5.91 Å². The van der Waals surface area contributed by atoms with Crippen molar-refractivity contribution in [1.29, 1.82) is 0 Å². The molecule has 2 aliphatic heterocycles. The Morgan fingerprint density at radius 2 is 1.75 bits per heavy atom. The fraction of sp³-hybridized carbons (Fsp3) is 0.652. The summed E-state index contributed by atoms with van der Waals surface area (Å²) in [6.45, 7) is 10.0. The zero-order chi connectivity index (χ0) is 20.1. The van der Waals surface area contributed by atoms with Crippen LogP contribution in [0.5, 0.6) is 0 Å². The first-order chi connectivity index (χ1) is 13.4. The SMILES string of the molecule is CC(C)CC(=O)Nc1ccc(N2CCC(C)CC2)c(C(=O)N2CCCCC2)c1. The molecular weight excluding hydrogens is 350 g/mol. The molecule has 2 fully saturated rings. The van der Waals surface area contributed by atoms with Gasteiger partial charge in [0.1, 0.15) is 0 Å². The predicted molar refractivity (Wildman–Crippen MR) is 115 cm³/mol. The van der Waals surface area contributed by atoms with E-state index in [1.165, 1.54) is 6.42 Å². The van der Waals surface area contributed by atoms with E-state index in [0.717, 1.165) is 74.7 Å². The van der Waals surface area contributed by atoms with Gasteiger partial charge in [0.2, 0.25) is 5.91 Å². The molecule has 2 aliphatic rings. The van der Waals surface area contributed by atoms with Gasteiger partial charge in [-0.15, -0.1) is 0 Å². The molecule has 0 bridgehead atoms. The van der Waals surface area contributed by atoms with E-state index in [2.05, 4.69) is 17.1 Å². The van der Waals surface area contributed by atoms with Gasteiger partial charge in [0.05, 0.1) is 5.56 Å². The van der Waals surface area contributed by atoms with Crippen LogP contribution in [0.4, 0.5) is 11.4 Å². The van der Waals surface area contributed by atoms with Crippen LogP contribution in [0, 0.1) is 11.8 Å². The third kappa shape index (κ3) is 5.27. The van der Waals surface area contributed by atoms with Gasteiger partial charge in [-0.25, -0.2) is 0 Å². The molecular formula is C23H35N3O2. The highest BCUT2D eigenvalue weighted by Gasteiger charge is 2.25. The molecule has 1 aromatic rings. The summed E-state index contributed by atoms with van der Waals surface area (Å²) in [4.78, 5) is 29.9. The number of likely N-dealkylation sites (tertiary alicyclic amines) is 1. The van der Waals surface area contributed by atoms with Crippen molar-refractivity contribution in [1.82, 2.24) is 4.90 Å². The Balaban J connectivity index is 1.85. The van der Waals surface area contributed by atoms with Crippen molar-refractivity contribution in [2.45, 2.75) is 59.3 Å². The smallest absolute Gasteiger partial charge is 0.256 e. The van der Waals surface area contributed by atoms with Crippen LogP contribution in [0.2, 0.25) is 0 Å². The zero-order valence-corrected chi connectivity index (χ0v) is 17.7. The van der Waals surface area contributed by atoms with E-state index in [1.807, 2.05) is 36.9 Å². The van der Waals surface area contributed by atoms with Gasteiger partial charge >= 0.3 is 0 Å². The summed E-state index contributed by atoms with van der Waals surface area (Å²) in [5, 5.41) is 2.98. The minimum atomic E-state index is 0.00548. The van der Waals surface area contributed by atoms with Crippen LogP contribution in [-0.4, -0.2) is 42.9 Å². The first-order valence-electron chi connectivity index (χ1n) is 10.9. The number of carbonyl (C=O) groups excluding carboxylic acids is 2. The Hall–Kier alpha value is -2.04. The van der Waals surface area contributed by atoms with Crippen molar-refractivity contribution < 1.29 is 9.59 Å². The van der Waals surface area contributed by atoms with Gasteiger partial charge in [-0.3, -0.25) is 9.59 Å². The molecule has 0 saturated carbocycles. The normalized spacial score (nSPS) is 18.4. The number of amides is 2. The van der Waals surface area contributed by atoms with Gasteiger partial charge in [0, 0.05) is 44.0 Å². The summed E-state index contributed by atoms with van der Waals surface area (Å²) in [5.74, 6) is 1.16. The summed E-state index contributed by atoms with van der Waals surface area (Å²) in [7, 11) is 0. The fourth-order valence-electron chi connectivity index (χ4n) is 4.16. The Morgan fingerprint density at radius 3 is 2.39 bits per heavy atom. The Bertz CT molecular complexity index is 687. The van der Waals surface area contributed by atoms with Crippen LogP contribution in [0.25, 0.3) is 0 Å². The number of anilines is 2. The van der Waals surface area contributed by atoms with Crippen LogP contribution in [0.1, 0.15) is 69.7 Å². The van der Waals surface area contributed by atoms with E-state index >= 15 is 0 Å². The highest BCUT2D eigenvalue weighted by Crippen LogP contribution is 2.30. The molecule has 28 heavy (non-hydrogen) atoms. The van der Waals surface area contributed by atoms with Gasteiger partial charge in [-0.1, -0.05) is 20.8 Å². The van der Waals surface area contributed by atoms with E-state index in [4.69, 9.17) is 0 Å². The summed E-state index contributed by atoms with van der Waals surface area (Å²) in [6.07, 6.45) is 6.15. The number of hydrogen-bond acceptors (Lipinski definition) is 3. The van der Waals surface area contributed by atoms with E-state index < -0.39 is 0 Å². The van der Waals surface area contributed by atoms with Crippen molar-refractivity contribution in [2.75, 3.05) is 36.4 Å². The number of nitrogens with one attached hydrogen (secondary N) is 1. The zero-order valence-electron chi connectivity index (χ0n) is 17.7. The lowest BCUT2D eigenvalue weighted by atomic mass is 9.97. The molecule has 0 aromatic heterocycles. The quantitative estimate of drug-likeness (QED) is 0.810. The number of hydrogen-bond donors (Lipinski definition) is 1. The maximum Gasteiger partial charge on any atom is 0.256 e. The summed E-state index contributed by atoms with van der Waals surface area (Å²) in [5.41, 5.74) is 2.48. The lowest BCUT2D eigenvalue weighted by molar-refractivity contribution is -0.116. The molecule has 2 amide bonds. The Kier molecular flexibility index (Phi) is 6.97. The summed E-state index contributed by atoms with van der Waals surface area (Å²) >= 11 is 0. The Morgan fingerprint density at radius 1 is 1.07 bits per heavy atom. The van der Waals surface area contributed by atoms with Crippen molar-refractivity contribution in [3.63, 3.8) is 0 Å². The second-order valence-corrected chi connectivity index (χ2v) is 8.90. The van der Waals surface area contributed by atoms with Crippen molar-refractivity contribution in [3.05, 3.63) is 23.8 Å². The molecule has 1 aromatic carbocycles. The van der Waals surface area contributed by atoms with Crippen LogP contribution in [0.3, 0.4) is 0 Å². The molecule has 0 spiro atoms. The van der Waals surface area contributed by atoms with Gasteiger partial charge in [-0.05, 0) is 62.1 Å². The number of benzene rings is 1. The van der Waals surface area contributed by atoms with Crippen molar-refractivity contribution >= 4 is 23.2 Å². The van der Waals surface area contributed by atoms with E-state index in [9.17, 15) is 9.59 Å². The molecule has 0 atom stereocenters. The number of carbonyl (C=O) groups is 2. The lowest BCUT2D eigenvalue weighted by Crippen LogP contribution is -2.38. The first-order valence-corrected chi connectivity index (χ1v) is 10.9. The minimum absolute atomic E-state index is 0.00548. The molecule has 3 rings (SSSR count). The molecule has 0 aliphatic carbocycles. The average Bonchev–Trinajstić information content (AvgIpc) is 2.68. The highest BCUT2D eigenvalue weighted by molar-refractivity contribution is 6.02. The average molecular weight is 386 g/mol. The molecule has 154 valence electrons. The minimum Gasteiger partial charge on any atom is -0.371 e. The maximum absolute atomic E-state index is 13.3. The molecule has 0 radical (unpaired) electrons. The number of rotatable bonds is 5. The number of nitrogens with zero attached hydrogens (tertiary/aromatic N) is 2. The summed E-state index contributed by atoms with van der Waals surface area (Å²) in [6, 6.07) is 5.86. The topological polar surface area (TPSA) is 52.7 Å².